The van der Waals surface area contributed by atoms with Crippen molar-refractivity contribution >= 4 is 5.97 Å². The number of carbonyl (C=O) groups is 1. The van der Waals surface area contributed by atoms with Crippen LogP contribution in [0.15, 0.2) is 0 Å². The zero-order valence-corrected chi connectivity index (χ0v) is 8.56. The molecule has 0 atom stereocenters. The summed E-state index contributed by atoms with van der Waals surface area (Å²) in [6, 6.07) is 0. The van der Waals surface area contributed by atoms with Gasteiger partial charge in [-0.1, -0.05) is 6.92 Å². The normalized spacial score (nSPS) is 13.1. The number of carboxylic acids is 1. The van der Waals surface area contributed by atoms with Gasteiger partial charge in [-0.25, -0.2) is 0 Å². The standard InChI is InChI=1S/C9H19NO2/c1-6-10-9(4,5)8(2,3)7(11)12/h10H,6H2,1-5H3,(H,11,12). The minimum Gasteiger partial charge on any atom is -0.481 e. The van der Waals surface area contributed by atoms with E-state index in [1.54, 1.807) is 13.8 Å². The van der Waals surface area contributed by atoms with E-state index in [1.807, 2.05) is 20.8 Å². The van der Waals surface area contributed by atoms with Crippen molar-refractivity contribution in [3.63, 3.8) is 0 Å². The Morgan fingerprint density at radius 2 is 1.75 bits per heavy atom. The van der Waals surface area contributed by atoms with Crippen LogP contribution in [0.3, 0.4) is 0 Å². The Morgan fingerprint density at radius 1 is 1.33 bits per heavy atom. The van der Waals surface area contributed by atoms with E-state index in [2.05, 4.69) is 5.32 Å². The van der Waals surface area contributed by atoms with E-state index < -0.39 is 11.4 Å². The van der Waals surface area contributed by atoms with E-state index in [0.717, 1.165) is 6.54 Å². The van der Waals surface area contributed by atoms with E-state index >= 15 is 0 Å². The first-order chi connectivity index (χ1) is 5.25. The average Bonchev–Trinajstić information content (AvgIpc) is 1.86. The lowest BCUT2D eigenvalue weighted by Gasteiger charge is -2.38. The molecule has 0 radical (unpaired) electrons. The highest BCUT2D eigenvalue weighted by atomic mass is 16.4. The van der Waals surface area contributed by atoms with Crippen LogP contribution < -0.4 is 5.32 Å². The third-order valence-electron chi connectivity index (χ3n) is 2.72. The highest BCUT2D eigenvalue weighted by Gasteiger charge is 2.42. The Morgan fingerprint density at radius 3 is 2.00 bits per heavy atom. The van der Waals surface area contributed by atoms with Gasteiger partial charge in [0, 0.05) is 5.54 Å². The Balaban J connectivity index is 4.62. The molecule has 12 heavy (non-hydrogen) atoms. The van der Waals surface area contributed by atoms with Crippen LogP contribution in [0.1, 0.15) is 34.6 Å². The summed E-state index contributed by atoms with van der Waals surface area (Å²) in [5.74, 6) is -0.770. The molecule has 0 spiro atoms. The molecular formula is C9H19NO2. The van der Waals surface area contributed by atoms with Crippen molar-refractivity contribution in [3.8, 4) is 0 Å². The topological polar surface area (TPSA) is 49.3 Å². The largest absolute Gasteiger partial charge is 0.481 e. The quantitative estimate of drug-likeness (QED) is 0.677. The minimum atomic E-state index is -0.770. The number of rotatable bonds is 4. The second-order valence-electron chi connectivity index (χ2n) is 4.09. The molecule has 0 bridgehead atoms. The van der Waals surface area contributed by atoms with Gasteiger partial charge in [0.2, 0.25) is 0 Å². The van der Waals surface area contributed by atoms with E-state index in [4.69, 9.17) is 5.11 Å². The third kappa shape index (κ3) is 1.97. The first-order valence-electron chi connectivity index (χ1n) is 4.24. The maximum absolute atomic E-state index is 10.9. The summed E-state index contributed by atoms with van der Waals surface area (Å²) in [6.07, 6.45) is 0. The Labute approximate surface area is 74.2 Å². The molecule has 0 aliphatic rings. The molecule has 3 nitrogen and oxygen atoms in total. The molecule has 3 heteroatoms. The zero-order chi connectivity index (χ0) is 9.99. The molecule has 0 aromatic heterocycles. The molecule has 0 aromatic rings. The Bertz CT molecular complexity index is 173. The van der Waals surface area contributed by atoms with E-state index in [0.29, 0.717) is 0 Å². The fraction of sp³-hybridized carbons (Fsp3) is 0.889. The van der Waals surface area contributed by atoms with Crippen LogP contribution in [-0.2, 0) is 4.79 Å². The van der Waals surface area contributed by atoms with Crippen molar-refractivity contribution in [2.75, 3.05) is 6.54 Å². The van der Waals surface area contributed by atoms with Gasteiger partial charge in [0.05, 0.1) is 5.41 Å². The van der Waals surface area contributed by atoms with Crippen molar-refractivity contribution in [2.45, 2.75) is 40.2 Å². The lowest BCUT2D eigenvalue weighted by Crippen LogP contribution is -2.54. The molecule has 0 saturated carbocycles. The molecule has 0 saturated heterocycles. The van der Waals surface area contributed by atoms with Gasteiger partial charge >= 0.3 is 5.97 Å². The van der Waals surface area contributed by atoms with Crippen LogP contribution in [0, 0.1) is 5.41 Å². The summed E-state index contributed by atoms with van der Waals surface area (Å²) in [5.41, 5.74) is -1.13. The molecule has 0 rings (SSSR count). The first kappa shape index (κ1) is 11.4. The third-order valence-corrected chi connectivity index (χ3v) is 2.72. The molecule has 0 aliphatic heterocycles. The van der Waals surface area contributed by atoms with Gasteiger partial charge in [0.1, 0.15) is 0 Å². The molecular weight excluding hydrogens is 154 g/mol. The highest BCUT2D eigenvalue weighted by molar-refractivity contribution is 5.75. The predicted octanol–water partition coefficient (Wildman–Crippen LogP) is 1.49. The summed E-state index contributed by atoms with van der Waals surface area (Å²) < 4.78 is 0. The fourth-order valence-electron chi connectivity index (χ4n) is 0.930. The molecule has 72 valence electrons. The van der Waals surface area contributed by atoms with Gasteiger partial charge < -0.3 is 10.4 Å². The van der Waals surface area contributed by atoms with E-state index in [9.17, 15) is 4.79 Å². The number of hydrogen-bond donors (Lipinski definition) is 2. The number of nitrogens with one attached hydrogen (secondary N) is 1. The van der Waals surface area contributed by atoms with Gasteiger partial charge in [-0.15, -0.1) is 0 Å². The molecule has 0 aromatic carbocycles. The van der Waals surface area contributed by atoms with Crippen LogP contribution in [0.4, 0.5) is 0 Å². The van der Waals surface area contributed by atoms with E-state index in [-0.39, 0.29) is 5.54 Å². The lowest BCUT2D eigenvalue weighted by molar-refractivity contribution is -0.151. The van der Waals surface area contributed by atoms with Gasteiger partial charge in [-0.3, -0.25) is 4.79 Å². The monoisotopic (exact) mass is 173 g/mol. The summed E-state index contributed by atoms with van der Waals surface area (Å²) in [7, 11) is 0. The van der Waals surface area contributed by atoms with Crippen molar-refractivity contribution in [1.29, 1.82) is 0 Å². The molecule has 2 N–H and O–H groups in total. The van der Waals surface area contributed by atoms with Gasteiger partial charge in [-0.05, 0) is 34.2 Å². The molecule has 0 aliphatic carbocycles. The zero-order valence-electron chi connectivity index (χ0n) is 8.56. The van der Waals surface area contributed by atoms with Crippen molar-refractivity contribution in [2.24, 2.45) is 5.41 Å². The fourth-order valence-corrected chi connectivity index (χ4v) is 0.930. The Kier molecular flexibility index (Phi) is 3.27. The summed E-state index contributed by atoms with van der Waals surface area (Å²) in [5, 5.41) is 12.1. The molecule has 0 unspecified atom stereocenters. The molecule has 0 amide bonds. The summed E-state index contributed by atoms with van der Waals surface area (Å²) in [6.45, 7) is 10.0. The van der Waals surface area contributed by atoms with Crippen LogP contribution >= 0.6 is 0 Å². The maximum Gasteiger partial charge on any atom is 0.310 e. The van der Waals surface area contributed by atoms with Crippen molar-refractivity contribution in [1.82, 2.24) is 5.32 Å². The average molecular weight is 173 g/mol. The predicted molar refractivity (Wildman–Crippen MR) is 49.2 cm³/mol. The summed E-state index contributed by atoms with van der Waals surface area (Å²) >= 11 is 0. The summed E-state index contributed by atoms with van der Waals surface area (Å²) in [4.78, 5) is 10.9. The Hall–Kier alpha value is -0.570. The highest BCUT2D eigenvalue weighted by Crippen LogP contribution is 2.30. The minimum absolute atomic E-state index is 0.381. The maximum atomic E-state index is 10.9. The number of aliphatic carboxylic acids is 1. The first-order valence-corrected chi connectivity index (χ1v) is 4.24. The second-order valence-corrected chi connectivity index (χ2v) is 4.09. The lowest BCUT2D eigenvalue weighted by atomic mass is 9.74. The molecule has 0 heterocycles. The number of hydrogen-bond acceptors (Lipinski definition) is 2. The van der Waals surface area contributed by atoms with Crippen LogP contribution in [0.25, 0.3) is 0 Å². The SMILES string of the molecule is CCNC(C)(C)C(C)(C)C(=O)O. The van der Waals surface area contributed by atoms with Crippen LogP contribution in [0.5, 0.6) is 0 Å². The van der Waals surface area contributed by atoms with Crippen LogP contribution in [0.2, 0.25) is 0 Å². The van der Waals surface area contributed by atoms with Crippen molar-refractivity contribution in [3.05, 3.63) is 0 Å². The smallest absolute Gasteiger partial charge is 0.310 e. The van der Waals surface area contributed by atoms with E-state index in [1.165, 1.54) is 0 Å². The van der Waals surface area contributed by atoms with Crippen molar-refractivity contribution < 1.29 is 9.90 Å². The van der Waals surface area contributed by atoms with Crippen LogP contribution in [-0.4, -0.2) is 23.2 Å². The molecule has 0 fully saturated rings. The number of carboxylic acid groups (broad SMARTS) is 1. The van der Waals surface area contributed by atoms with Gasteiger partial charge in [0.25, 0.3) is 0 Å². The van der Waals surface area contributed by atoms with Gasteiger partial charge in [-0.2, -0.15) is 0 Å². The second kappa shape index (κ2) is 3.44. The van der Waals surface area contributed by atoms with Gasteiger partial charge in [0.15, 0.2) is 0 Å².